The maximum absolute atomic E-state index is 10.7. The number of nitrogens with zero attached hydrogens (tertiary/aromatic N) is 1. The normalized spacial score (nSPS) is 27.1. The average molecular weight is 332 g/mol. The van der Waals surface area contributed by atoms with E-state index in [4.69, 9.17) is 14.2 Å². The van der Waals surface area contributed by atoms with Crippen molar-refractivity contribution in [2.24, 2.45) is 0 Å². The second-order valence-corrected chi connectivity index (χ2v) is 5.67. The summed E-state index contributed by atoms with van der Waals surface area (Å²) in [4.78, 5) is 10.3. The van der Waals surface area contributed by atoms with E-state index in [0.717, 1.165) is 12.0 Å². The van der Waals surface area contributed by atoms with E-state index in [1.807, 2.05) is 30.3 Å². The first kappa shape index (κ1) is 14.4. The lowest BCUT2D eigenvalue weighted by molar-refractivity contribution is -0.563. The number of benzene rings is 1. The van der Waals surface area contributed by atoms with Gasteiger partial charge < -0.3 is 14.2 Å². The van der Waals surface area contributed by atoms with E-state index in [9.17, 15) is 10.1 Å². The molecule has 104 valence electrons. The summed E-state index contributed by atoms with van der Waals surface area (Å²) in [7, 11) is 0. The van der Waals surface area contributed by atoms with Crippen molar-refractivity contribution in [2.45, 2.75) is 17.3 Å². The monoisotopic (exact) mass is 331 g/mol. The van der Waals surface area contributed by atoms with Gasteiger partial charge in [0, 0.05) is 20.9 Å². The molecule has 0 saturated carbocycles. The number of rotatable bonds is 5. The van der Waals surface area contributed by atoms with Gasteiger partial charge >= 0.3 is 4.45 Å². The summed E-state index contributed by atoms with van der Waals surface area (Å²) >= 11 is 2.99. The van der Waals surface area contributed by atoms with Crippen LogP contribution < -0.4 is 0 Å². The molecule has 1 heterocycles. The van der Waals surface area contributed by atoms with Crippen LogP contribution in [0, 0.1) is 10.1 Å². The molecule has 0 aromatic heterocycles. The van der Waals surface area contributed by atoms with Gasteiger partial charge in [-0.1, -0.05) is 30.3 Å². The van der Waals surface area contributed by atoms with E-state index in [-0.39, 0.29) is 13.2 Å². The highest BCUT2D eigenvalue weighted by Crippen LogP contribution is 2.25. The van der Waals surface area contributed by atoms with Crippen LogP contribution in [0.15, 0.2) is 30.3 Å². The topological polar surface area (TPSA) is 70.8 Å². The minimum absolute atomic E-state index is 0.0873. The van der Waals surface area contributed by atoms with Crippen LogP contribution in [0.1, 0.15) is 5.56 Å². The zero-order valence-electron chi connectivity index (χ0n) is 10.2. The first-order valence-electron chi connectivity index (χ1n) is 5.82. The molecule has 0 spiro atoms. The second kappa shape index (κ2) is 6.42. The van der Waals surface area contributed by atoms with Crippen LogP contribution in [0.2, 0.25) is 0 Å². The van der Waals surface area contributed by atoms with Gasteiger partial charge in [0.1, 0.15) is 13.2 Å². The third-order valence-corrected chi connectivity index (χ3v) is 3.44. The van der Waals surface area contributed by atoms with Gasteiger partial charge in [0.15, 0.2) is 0 Å². The number of halogens is 1. The quantitative estimate of drug-likeness (QED) is 0.357. The Labute approximate surface area is 118 Å². The Morgan fingerprint density at radius 3 is 2.58 bits per heavy atom. The fraction of sp³-hybridized carbons (Fsp3) is 0.500. The van der Waals surface area contributed by atoms with E-state index in [0.29, 0.717) is 6.61 Å². The smallest absolute Gasteiger partial charge is 0.320 e. The van der Waals surface area contributed by atoms with Crippen LogP contribution in [0.25, 0.3) is 0 Å². The van der Waals surface area contributed by atoms with E-state index in [1.54, 1.807) is 0 Å². The lowest BCUT2D eigenvalue weighted by Gasteiger charge is -2.29. The molecule has 1 aliphatic heterocycles. The Balaban J connectivity index is 1.70. The predicted octanol–water partition coefficient (Wildman–Crippen LogP) is 1.94. The second-order valence-electron chi connectivity index (χ2n) is 4.19. The molecule has 0 radical (unpaired) electrons. The lowest BCUT2D eigenvalue weighted by atomic mass is 10.2. The Morgan fingerprint density at radius 2 is 2.00 bits per heavy atom. The van der Waals surface area contributed by atoms with Crippen molar-refractivity contribution in [1.29, 1.82) is 0 Å². The molecular formula is C12H14BrNO5. The molecule has 1 aromatic carbocycles. The van der Waals surface area contributed by atoms with Crippen molar-refractivity contribution in [3.05, 3.63) is 46.0 Å². The van der Waals surface area contributed by atoms with Gasteiger partial charge in [-0.05, 0) is 12.0 Å². The summed E-state index contributed by atoms with van der Waals surface area (Å²) in [6, 6.07) is 9.87. The Morgan fingerprint density at radius 1 is 1.37 bits per heavy atom. The van der Waals surface area contributed by atoms with Gasteiger partial charge in [0.2, 0.25) is 0 Å². The van der Waals surface area contributed by atoms with Crippen molar-refractivity contribution < 1.29 is 19.1 Å². The number of nitro groups is 1. The molecule has 1 fully saturated rings. The molecule has 1 saturated heterocycles. The maximum Gasteiger partial charge on any atom is 0.320 e. The largest absolute Gasteiger partial charge is 0.330 e. The molecule has 6 nitrogen and oxygen atoms in total. The zero-order chi connectivity index (χ0) is 13.7. The van der Waals surface area contributed by atoms with E-state index >= 15 is 0 Å². The van der Waals surface area contributed by atoms with Gasteiger partial charge in [-0.25, -0.2) is 0 Å². The van der Waals surface area contributed by atoms with Gasteiger partial charge in [-0.15, -0.1) is 0 Å². The van der Waals surface area contributed by atoms with Crippen LogP contribution in [0.5, 0.6) is 0 Å². The van der Waals surface area contributed by atoms with E-state index in [1.165, 1.54) is 0 Å². The van der Waals surface area contributed by atoms with Crippen LogP contribution >= 0.6 is 15.9 Å². The predicted molar refractivity (Wildman–Crippen MR) is 70.4 cm³/mol. The molecule has 0 bridgehead atoms. The number of hydrogen-bond donors (Lipinski definition) is 0. The molecule has 0 unspecified atom stereocenters. The summed E-state index contributed by atoms with van der Waals surface area (Å²) in [5, 5.41) is 10.7. The summed E-state index contributed by atoms with van der Waals surface area (Å²) in [6.45, 7) is -0.580. The van der Waals surface area contributed by atoms with Crippen molar-refractivity contribution in [2.75, 3.05) is 19.8 Å². The van der Waals surface area contributed by atoms with Crippen LogP contribution in [-0.4, -0.2) is 35.7 Å². The minimum atomic E-state index is -1.37. The maximum atomic E-state index is 10.7. The fourth-order valence-electron chi connectivity index (χ4n) is 1.60. The summed E-state index contributed by atoms with van der Waals surface area (Å²) in [5.41, 5.74) is 1.15. The number of hydrogen-bond acceptors (Lipinski definition) is 5. The van der Waals surface area contributed by atoms with Crippen molar-refractivity contribution >= 4 is 15.9 Å². The van der Waals surface area contributed by atoms with E-state index in [2.05, 4.69) is 15.9 Å². The summed E-state index contributed by atoms with van der Waals surface area (Å²) < 4.78 is 14.3. The van der Waals surface area contributed by atoms with Crippen LogP contribution in [0.4, 0.5) is 0 Å². The van der Waals surface area contributed by atoms with Gasteiger partial charge in [0.25, 0.3) is 6.48 Å². The number of alkyl halides is 1. The zero-order valence-corrected chi connectivity index (χ0v) is 11.7. The first-order valence-corrected chi connectivity index (χ1v) is 6.62. The molecule has 0 atom stereocenters. The Hall–Kier alpha value is -1.02. The first-order chi connectivity index (χ1) is 9.10. The summed E-state index contributed by atoms with van der Waals surface area (Å²) in [5.74, 6) is 0. The molecule has 1 aliphatic rings. The lowest BCUT2D eigenvalue weighted by Crippen LogP contribution is -2.49. The highest BCUT2D eigenvalue weighted by Gasteiger charge is 2.46. The molecule has 7 heteroatoms. The standard InChI is InChI=1S/C12H14BrNO5/c13-12(14(15)16)8-18-11(19-9-12)17-7-6-10-4-2-1-3-5-10/h1-5,11H,6-9H2. The molecular weight excluding hydrogens is 318 g/mol. The number of ether oxygens (including phenoxy) is 3. The van der Waals surface area contributed by atoms with Crippen molar-refractivity contribution in [3.63, 3.8) is 0 Å². The summed E-state index contributed by atoms with van der Waals surface area (Å²) in [6.07, 6.45) is 0.735. The molecule has 1 aromatic rings. The SMILES string of the molecule is O=[N+]([O-])C1(Br)COC(OCCc2ccccc2)OC1. The third-order valence-electron chi connectivity index (χ3n) is 2.70. The highest BCUT2D eigenvalue weighted by molar-refractivity contribution is 9.10. The molecule has 2 rings (SSSR count). The molecule has 0 aliphatic carbocycles. The Kier molecular flexibility index (Phi) is 4.87. The van der Waals surface area contributed by atoms with E-state index < -0.39 is 15.8 Å². The molecule has 0 amide bonds. The van der Waals surface area contributed by atoms with Gasteiger partial charge in [-0.3, -0.25) is 10.1 Å². The van der Waals surface area contributed by atoms with Crippen LogP contribution in [-0.2, 0) is 20.6 Å². The fourth-order valence-corrected chi connectivity index (χ4v) is 1.86. The highest BCUT2D eigenvalue weighted by atomic mass is 79.9. The van der Waals surface area contributed by atoms with Crippen LogP contribution in [0.3, 0.4) is 0 Å². The van der Waals surface area contributed by atoms with Crippen molar-refractivity contribution in [1.82, 2.24) is 0 Å². The molecule has 0 N–H and O–H groups in total. The van der Waals surface area contributed by atoms with Gasteiger partial charge in [-0.2, -0.15) is 0 Å². The molecule has 19 heavy (non-hydrogen) atoms. The minimum Gasteiger partial charge on any atom is -0.330 e. The average Bonchev–Trinajstić information content (AvgIpc) is 2.42. The third kappa shape index (κ3) is 3.97. The Bertz CT molecular complexity index is 419. The van der Waals surface area contributed by atoms with Gasteiger partial charge in [0.05, 0.1) is 6.61 Å². The van der Waals surface area contributed by atoms with Crippen molar-refractivity contribution in [3.8, 4) is 0 Å².